The monoisotopic (exact) mass is 470 g/mol. The second-order valence-corrected chi connectivity index (χ2v) is 10.3. The minimum absolute atomic E-state index is 0.448. The summed E-state index contributed by atoms with van der Waals surface area (Å²) in [5.41, 5.74) is 12.2. The number of imidazole rings is 1. The number of fused-ring (bicyclic) bond motifs is 1. The molecule has 4 aromatic rings. The van der Waals surface area contributed by atoms with Crippen LogP contribution in [0.4, 0.5) is 0 Å². The Balaban J connectivity index is 1.24. The van der Waals surface area contributed by atoms with Crippen molar-refractivity contribution in [1.29, 1.82) is 0 Å². The van der Waals surface area contributed by atoms with Crippen molar-refractivity contribution in [3.8, 4) is 5.69 Å². The maximum absolute atomic E-state index is 6.33. The molecule has 182 valence electrons. The second kappa shape index (κ2) is 9.56. The first kappa shape index (κ1) is 23.1. The fourth-order valence-electron chi connectivity index (χ4n) is 4.55. The van der Waals surface area contributed by atoms with E-state index in [-0.39, 0.29) is 0 Å². The van der Waals surface area contributed by atoms with Gasteiger partial charge in [-0.2, -0.15) is 0 Å². The van der Waals surface area contributed by atoms with Gasteiger partial charge in [-0.3, -0.25) is 9.88 Å². The zero-order valence-corrected chi connectivity index (χ0v) is 20.5. The van der Waals surface area contributed by atoms with Gasteiger partial charge in [0.1, 0.15) is 5.65 Å². The van der Waals surface area contributed by atoms with E-state index in [4.69, 9.17) is 16.6 Å². The van der Waals surface area contributed by atoms with Crippen LogP contribution >= 0.6 is 0 Å². The van der Waals surface area contributed by atoms with Crippen molar-refractivity contribution in [1.82, 2.24) is 28.8 Å². The van der Waals surface area contributed by atoms with Crippen LogP contribution in [0.3, 0.4) is 0 Å². The molecule has 0 saturated carbocycles. The van der Waals surface area contributed by atoms with Gasteiger partial charge in [-0.15, -0.1) is 0 Å². The second-order valence-electron chi connectivity index (χ2n) is 10.3. The quantitative estimate of drug-likeness (QED) is 0.315. The molecule has 0 unspecified atom stereocenters. The Kier molecular flexibility index (Phi) is 6.32. The highest BCUT2D eigenvalue weighted by Gasteiger charge is 2.25. The lowest BCUT2D eigenvalue weighted by Crippen LogP contribution is -2.36. The molecular formula is C27H34N8. The smallest absolute Gasteiger partial charge is 0.137 e. The molecular weight excluding hydrogens is 436 g/mol. The van der Waals surface area contributed by atoms with E-state index in [2.05, 4.69) is 46.5 Å². The van der Waals surface area contributed by atoms with Gasteiger partial charge in [0.2, 0.25) is 0 Å². The van der Waals surface area contributed by atoms with Crippen molar-refractivity contribution >= 4 is 11.3 Å². The standard InChI is InChI=1S/C27H34N8/c1-27(2)7-11-32(12-8-27)16-21-5-6-26-31-23(18-34(26)17-21)19-35(29)20-25(28)22-13-24(15-30-14-22)33-9-3-4-10-33/h3-6,9-10,13-15,17-18,20H,7-8,11-12,16,19,28-29H2,1-2H3/b25-20-. The Hall–Kier alpha value is -3.62. The third kappa shape index (κ3) is 5.55. The molecule has 0 spiro atoms. The average Bonchev–Trinajstić information content (AvgIpc) is 3.50. The Morgan fingerprint density at radius 1 is 1.11 bits per heavy atom. The third-order valence-electron chi connectivity index (χ3n) is 6.79. The molecule has 8 heteroatoms. The third-order valence-corrected chi connectivity index (χ3v) is 6.79. The summed E-state index contributed by atoms with van der Waals surface area (Å²) in [6.45, 7) is 8.46. The molecule has 0 amide bonds. The van der Waals surface area contributed by atoms with Crippen LogP contribution in [0.1, 0.15) is 43.5 Å². The highest BCUT2D eigenvalue weighted by molar-refractivity contribution is 5.63. The van der Waals surface area contributed by atoms with E-state index >= 15 is 0 Å². The number of nitrogens with zero attached hydrogens (tertiary/aromatic N) is 6. The molecule has 8 nitrogen and oxygen atoms in total. The normalized spacial score (nSPS) is 16.6. The summed E-state index contributed by atoms with van der Waals surface area (Å²) in [6.07, 6.45) is 15.9. The van der Waals surface area contributed by atoms with E-state index in [1.165, 1.54) is 18.4 Å². The maximum atomic E-state index is 6.33. The number of hydrazine groups is 1. The van der Waals surface area contributed by atoms with Crippen LogP contribution in [0.5, 0.6) is 0 Å². The van der Waals surface area contributed by atoms with Gasteiger partial charge in [-0.25, -0.2) is 10.8 Å². The van der Waals surface area contributed by atoms with E-state index in [0.29, 0.717) is 17.7 Å². The number of aromatic nitrogens is 4. The molecule has 4 N–H and O–H groups in total. The molecule has 0 aromatic carbocycles. The number of pyridine rings is 2. The van der Waals surface area contributed by atoms with Crippen LogP contribution in [0.2, 0.25) is 0 Å². The molecule has 1 saturated heterocycles. The molecule has 4 aromatic heterocycles. The lowest BCUT2D eigenvalue weighted by Gasteiger charge is -2.36. The minimum Gasteiger partial charge on any atom is -0.397 e. The predicted molar refractivity (Wildman–Crippen MR) is 139 cm³/mol. The molecule has 35 heavy (non-hydrogen) atoms. The number of hydrogen-bond donors (Lipinski definition) is 2. The molecule has 1 aliphatic heterocycles. The van der Waals surface area contributed by atoms with Crippen molar-refractivity contribution in [2.75, 3.05) is 13.1 Å². The van der Waals surface area contributed by atoms with Crippen LogP contribution in [-0.2, 0) is 13.1 Å². The van der Waals surface area contributed by atoms with Gasteiger partial charge in [-0.1, -0.05) is 19.9 Å². The summed E-state index contributed by atoms with van der Waals surface area (Å²) < 4.78 is 4.07. The average molecular weight is 471 g/mol. The van der Waals surface area contributed by atoms with Crippen molar-refractivity contribution in [3.63, 3.8) is 0 Å². The lowest BCUT2D eigenvalue weighted by molar-refractivity contribution is 0.127. The predicted octanol–water partition coefficient (Wildman–Crippen LogP) is 3.78. The van der Waals surface area contributed by atoms with Gasteiger partial charge in [0, 0.05) is 49.3 Å². The number of piperidine rings is 1. The Labute approximate surface area is 206 Å². The molecule has 5 heterocycles. The molecule has 0 bridgehead atoms. The number of nitrogens with two attached hydrogens (primary N) is 2. The van der Waals surface area contributed by atoms with Crippen LogP contribution in [-0.4, -0.2) is 41.9 Å². The first-order chi connectivity index (χ1) is 16.8. The number of rotatable bonds is 7. The summed E-state index contributed by atoms with van der Waals surface area (Å²) in [6, 6.07) is 10.2. The molecule has 0 atom stereocenters. The zero-order valence-electron chi connectivity index (χ0n) is 20.5. The minimum atomic E-state index is 0.448. The summed E-state index contributed by atoms with van der Waals surface area (Å²) in [7, 11) is 0. The number of hydrogen-bond acceptors (Lipinski definition) is 6. The highest BCUT2D eigenvalue weighted by Crippen LogP contribution is 2.30. The van der Waals surface area contributed by atoms with Gasteiger partial charge < -0.3 is 19.7 Å². The van der Waals surface area contributed by atoms with Crippen molar-refractivity contribution in [2.24, 2.45) is 17.0 Å². The van der Waals surface area contributed by atoms with Gasteiger partial charge in [-0.05, 0) is 61.2 Å². The largest absolute Gasteiger partial charge is 0.397 e. The first-order valence-electron chi connectivity index (χ1n) is 12.1. The Morgan fingerprint density at radius 2 is 1.89 bits per heavy atom. The van der Waals surface area contributed by atoms with Gasteiger partial charge in [0.05, 0.1) is 29.8 Å². The molecule has 0 aliphatic carbocycles. The van der Waals surface area contributed by atoms with Gasteiger partial charge >= 0.3 is 0 Å². The fourth-order valence-corrected chi connectivity index (χ4v) is 4.55. The van der Waals surface area contributed by atoms with E-state index in [1.54, 1.807) is 23.6 Å². The van der Waals surface area contributed by atoms with Crippen LogP contribution < -0.4 is 11.6 Å². The molecule has 1 aliphatic rings. The lowest BCUT2D eigenvalue weighted by atomic mass is 9.82. The molecule has 0 radical (unpaired) electrons. The van der Waals surface area contributed by atoms with Crippen molar-refractivity contribution in [2.45, 2.75) is 39.8 Å². The van der Waals surface area contributed by atoms with Crippen molar-refractivity contribution in [3.05, 3.63) is 90.5 Å². The van der Waals surface area contributed by atoms with Gasteiger partial charge in [0.15, 0.2) is 0 Å². The Morgan fingerprint density at radius 3 is 2.66 bits per heavy atom. The van der Waals surface area contributed by atoms with E-state index < -0.39 is 0 Å². The Bertz CT molecular complexity index is 1310. The van der Waals surface area contributed by atoms with E-state index in [1.807, 2.05) is 41.4 Å². The zero-order chi connectivity index (χ0) is 24.4. The summed E-state index contributed by atoms with van der Waals surface area (Å²) >= 11 is 0. The maximum Gasteiger partial charge on any atom is 0.137 e. The fraction of sp³-hybridized carbons (Fsp3) is 0.333. The summed E-state index contributed by atoms with van der Waals surface area (Å²) in [5.74, 6) is 6.27. The molecule has 5 rings (SSSR count). The highest BCUT2D eigenvalue weighted by atomic mass is 15.4. The van der Waals surface area contributed by atoms with Crippen LogP contribution in [0, 0.1) is 5.41 Å². The SMILES string of the molecule is CC1(C)CCN(Cc2ccc3nc(CN(N)/C=C(\N)c4cncc(-n5cccc5)c4)cn3c2)CC1. The van der Waals surface area contributed by atoms with Gasteiger partial charge in [0.25, 0.3) is 0 Å². The molecule has 1 fully saturated rings. The number of likely N-dealkylation sites (tertiary alicyclic amines) is 1. The van der Waals surface area contributed by atoms with E-state index in [9.17, 15) is 0 Å². The van der Waals surface area contributed by atoms with E-state index in [0.717, 1.165) is 42.2 Å². The topological polar surface area (TPSA) is 93.6 Å². The van der Waals surface area contributed by atoms with Crippen LogP contribution in [0.25, 0.3) is 17.0 Å². The summed E-state index contributed by atoms with van der Waals surface area (Å²) in [5, 5.41) is 1.57. The van der Waals surface area contributed by atoms with Crippen LogP contribution in [0.15, 0.2) is 73.7 Å². The first-order valence-corrected chi connectivity index (χ1v) is 12.1. The van der Waals surface area contributed by atoms with Crippen molar-refractivity contribution < 1.29 is 0 Å². The summed E-state index contributed by atoms with van der Waals surface area (Å²) in [4.78, 5) is 11.6.